The molecular formula is C15H24N4O. The van der Waals surface area contributed by atoms with Gasteiger partial charge in [0, 0.05) is 45.5 Å². The molecule has 3 heterocycles. The van der Waals surface area contributed by atoms with E-state index in [-0.39, 0.29) is 0 Å². The summed E-state index contributed by atoms with van der Waals surface area (Å²) in [4.78, 5) is 9.21. The summed E-state index contributed by atoms with van der Waals surface area (Å²) in [6, 6.07) is 3.81. The highest BCUT2D eigenvalue weighted by molar-refractivity contribution is 5.62. The largest absolute Gasteiger partial charge is 0.396 e. The zero-order valence-corrected chi connectivity index (χ0v) is 12.0. The van der Waals surface area contributed by atoms with Gasteiger partial charge in [-0.15, -0.1) is 0 Å². The van der Waals surface area contributed by atoms with E-state index in [0.717, 1.165) is 50.8 Å². The van der Waals surface area contributed by atoms with Gasteiger partial charge in [-0.25, -0.2) is 4.98 Å². The molecular weight excluding hydrogens is 252 g/mol. The molecule has 2 saturated heterocycles. The Balaban J connectivity index is 1.46. The van der Waals surface area contributed by atoms with Crippen LogP contribution in [0.5, 0.6) is 0 Å². The van der Waals surface area contributed by atoms with Gasteiger partial charge in [0.15, 0.2) is 5.82 Å². The zero-order valence-electron chi connectivity index (χ0n) is 12.0. The summed E-state index contributed by atoms with van der Waals surface area (Å²) < 4.78 is 5.69. The molecule has 0 bridgehead atoms. The molecule has 3 rings (SSSR count). The molecule has 1 aromatic rings. The fraction of sp³-hybridized carbons (Fsp3) is 0.667. The number of ether oxygens (including phenoxy) is 1. The van der Waals surface area contributed by atoms with Crippen molar-refractivity contribution in [2.75, 3.05) is 50.0 Å². The molecule has 1 aromatic heterocycles. The first-order valence-corrected chi connectivity index (χ1v) is 7.62. The molecule has 2 aliphatic heterocycles. The van der Waals surface area contributed by atoms with Crippen LogP contribution in [0.4, 0.5) is 11.5 Å². The Morgan fingerprint density at radius 1 is 1.30 bits per heavy atom. The van der Waals surface area contributed by atoms with Crippen LogP contribution >= 0.6 is 0 Å². The van der Waals surface area contributed by atoms with Crippen molar-refractivity contribution in [1.82, 2.24) is 9.88 Å². The minimum Gasteiger partial charge on any atom is -0.396 e. The average Bonchev–Trinajstić information content (AvgIpc) is 3.00. The van der Waals surface area contributed by atoms with E-state index in [9.17, 15) is 0 Å². The highest BCUT2D eigenvalue weighted by Gasteiger charge is 2.21. The third-order valence-corrected chi connectivity index (χ3v) is 4.28. The Bertz CT molecular complexity index is 426. The molecule has 1 atom stereocenters. The highest BCUT2D eigenvalue weighted by atomic mass is 16.5. The van der Waals surface area contributed by atoms with Crippen LogP contribution < -0.4 is 10.6 Å². The van der Waals surface area contributed by atoms with Gasteiger partial charge in [-0.2, -0.15) is 0 Å². The molecule has 5 heteroatoms. The molecule has 0 aliphatic carbocycles. The maximum Gasteiger partial charge on any atom is 0.151 e. The van der Waals surface area contributed by atoms with Crippen molar-refractivity contribution < 1.29 is 4.74 Å². The number of nitrogens with two attached hydrogens (primary N) is 1. The second-order valence-electron chi connectivity index (χ2n) is 5.67. The van der Waals surface area contributed by atoms with Gasteiger partial charge in [-0.05, 0) is 31.4 Å². The van der Waals surface area contributed by atoms with E-state index in [1.807, 2.05) is 18.3 Å². The number of nitrogens with zero attached hydrogens (tertiary/aromatic N) is 3. The number of aromatic nitrogens is 1. The summed E-state index contributed by atoms with van der Waals surface area (Å²) in [6.45, 7) is 6.29. The van der Waals surface area contributed by atoms with Gasteiger partial charge in [0.2, 0.25) is 0 Å². The summed E-state index contributed by atoms with van der Waals surface area (Å²) >= 11 is 0. The van der Waals surface area contributed by atoms with Crippen LogP contribution in [-0.4, -0.2) is 55.3 Å². The molecule has 20 heavy (non-hydrogen) atoms. The predicted octanol–water partition coefficient (Wildman–Crippen LogP) is 1.35. The van der Waals surface area contributed by atoms with Crippen LogP contribution in [-0.2, 0) is 4.74 Å². The van der Waals surface area contributed by atoms with E-state index in [1.165, 1.54) is 19.3 Å². The topological polar surface area (TPSA) is 54.6 Å². The van der Waals surface area contributed by atoms with Crippen molar-refractivity contribution >= 4 is 11.5 Å². The Morgan fingerprint density at radius 3 is 2.85 bits per heavy atom. The first-order valence-electron chi connectivity index (χ1n) is 7.62. The van der Waals surface area contributed by atoms with E-state index >= 15 is 0 Å². The minimum atomic E-state index is 0.500. The molecule has 0 spiro atoms. The number of nitrogen functional groups attached to an aromatic ring is 1. The Hall–Kier alpha value is -1.33. The van der Waals surface area contributed by atoms with Gasteiger partial charge in [0.1, 0.15) is 0 Å². The Morgan fingerprint density at radius 2 is 2.15 bits per heavy atom. The molecule has 2 N–H and O–H groups in total. The SMILES string of the molecule is Nc1cccnc1N1CCN(CCC2CCCO2)CC1. The van der Waals surface area contributed by atoms with Crippen molar-refractivity contribution in [2.45, 2.75) is 25.4 Å². The second kappa shape index (κ2) is 6.41. The molecule has 110 valence electrons. The molecule has 0 aromatic carbocycles. The lowest BCUT2D eigenvalue weighted by Gasteiger charge is -2.36. The van der Waals surface area contributed by atoms with Crippen molar-refractivity contribution in [1.29, 1.82) is 0 Å². The van der Waals surface area contributed by atoms with Gasteiger partial charge >= 0.3 is 0 Å². The smallest absolute Gasteiger partial charge is 0.151 e. The number of hydrogen-bond donors (Lipinski definition) is 1. The summed E-state index contributed by atoms with van der Waals surface area (Å²) in [5.74, 6) is 0.936. The lowest BCUT2D eigenvalue weighted by Crippen LogP contribution is -2.47. The van der Waals surface area contributed by atoms with Crippen LogP contribution in [0.3, 0.4) is 0 Å². The second-order valence-corrected chi connectivity index (χ2v) is 5.67. The summed E-state index contributed by atoms with van der Waals surface area (Å²) in [5, 5.41) is 0. The third-order valence-electron chi connectivity index (χ3n) is 4.28. The van der Waals surface area contributed by atoms with Crippen molar-refractivity contribution in [3.8, 4) is 0 Å². The molecule has 0 saturated carbocycles. The minimum absolute atomic E-state index is 0.500. The molecule has 0 amide bonds. The summed E-state index contributed by atoms with van der Waals surface area (Å²) in [6.07, 6.45) is 5.96. The monoisotopic (exact) mass is 276 g/mol. The molecule has 1 unspecified atom stereocenters. The average molecular weight is 276 g/mol. The highest BCUT2D eigenvalue weighted by Crippen LogP contribution is 2.21. The zero-order chi connectivity index (χ0) is 13.8. The maximum absolute atomic E-state index is 5.99. The van der Waals surface area contributed by atoms with Gasteiger partial charge in [0.25, 0.3) is 0 Å². The van der Waals surface area contributed by atoms with Gasteiger partial charge in [-0.3, -0.25) is 4.90 Å². The van der Waals surface area contributed by atoms with Crippen LogP contribution in [0, 0.1) is 0 Å². The lowest BCUT2D eigenvalue weighted by atomic mass is 10.1. The number of hydrogen-bond acceptors (Lipinski definition) is 5. The number of pyridine rings is 1. The number of anilines is 2. The molecule has 2 fully saturated rings. The van der Waals surface area contributed by atoms with Crippen molar-refractivity contribution in [3.63, 3.8) is 0 Å². The van der Waals surface area contributed by atoms with Crippen molar-refractivity contribution in [2.24, 2.45) is 0 Å². The standard InChI is InChI=1S/C15H24N4O/c16-14-4-1-6-17-15(14)19-10-8-18(9-11-19)7-5-13-3-2-12-20-13/h1,4,6,13H,2-3,5,7-12,16H2. The van der Waals surface area contributed by atoms with E-state index in [1.54, 1.807) is 0 Å². The van der Waals surface area contributed by atoms with Gasteiger partial charge in [0.05, 0.1) is 11.8 Å². The van der Waals surface area contributed by atoms with E-state index in [0.29, 0.717) is 6.10 Å². The van der Waals surface area contributed by atoms with Crippen LogP contribution in [0.25, 0.3) is 0 Å². The third kappa shape index (κ3) is 3.22. The number of rotatable bonds is 4. The summed E-state index contributed by atoms with van der Waals surface area (Å²) in [7, 11) is 0. The molecule has 5 nitrogen and oxygen atoms in total. The van der Waals surface area contributed by atoms with E-state index in [4.69, 9.17) is 10.5 Å². The molecule has 2 aliphatic rings. The first kappa shape index (κ1) is 13.6. The molecule has 0 radical (unpaired) electrons. The van der Waals surface area contributed by atoms with Crippen LogP contribution in [0.2, 0.25) is 0 Å². The lowest BCUT2D eigenvalue weighted by molar-refractivity contribution is 0.0910. The fourth-order valence-corrected chi connectivity index (χ4v) is 3.06. The first-order chi connectivity index (χ1) is 9.83. The van der Waals surface area contributed by atoms with Crippen molar-refractivity contribution in [3.05, 3.63) is 18.3 Å². The quantitative estimate of drug-likeness (QED) is 0.900. The maximum atomic E-state index is 5.99. The van der Waals surface area contributed by atoms with Gasteiger partial charge in [-0.1, -0.05) is 0 Å². The summed E-state index contributed by atoms with van der Waals surface area (Å²) in [5.41, 5.74) is 6.77. The fourth-order valence-electron chi connectivity index (χ4n) is 3.06. The van der Waals surface area contributed by atoms with E-state index in [2.05, 4.69) is 14.8 Å². The normalized spacial score (nSPS) is 24.2. The van der Waals surface area contributed by atoms with Crippen LogP contribution in [0.1, 0.15) is 19.3 Å². The Kier molecular flexibility index (Phi) is 4.38. The van der Waals surface area contributed by atoms with Crippen LogP contribution in [0.15, 0.2) is 18.3 Å². The van der Waals surface area contributed by atoms with E-state index < -0.39 is 0 Å². The predicted molar refractivity (Wildman–Crippen MR) is 80.9 cm³/mol. The Labute approximate surface area is 120 Å². The van der Waals surface area contributed by atoms with Gasteiger partial charge < -0.3 is 15.4 Å². The number of piperazine rings is 1.